The van der Waals surface area contributed by atoms with E-state index in [-0.39, 0.29) is 23.4 Å². The Hall–Kier alpha value is -1.97. The molecular formula is C23H27F3O. The molecule has 0 heterocycles. The van der Waals surface area contributed by atoms with Gasteiger partial charge in [0.15, 0.2) is 11.6 Å². The van der Waals surface area contributed by atoms with E-state index in [1.54, 1.807) is 19.1 Å². The zero-order valence-corrected chi connectivity index (χ0v) is 16.0. The fourth-order valence-corrected chi connectivity index (χ4v) is 4.19. The minimum Gasteiger partial charge on any atom is -0.491 e. The van der Waals surface area contributed by atoms with Crippen molar-refractivity contribution >= 4 is 0 Å². The van der Waals surface area contributed by atoms with E-state index >= 15 is 0 Å². The van der Waals surface area contributed by atoms with Crippen LogP contribution in [0.15, 0.2) is 30.3 Å². The van der Waals surface area contributed by atoms with Gasteiger partial charge in [-0.15, -0.1) is 0 Å². The second-order valence-corrected chi connectivity index (χ2v) is 7.37. The third-order valence-electron chi connectivity index (χ3n) is 5.59. The first kappa shape index (κ1) is 19.8. The number of hydrogen-bond donors (Lipinski definition) is 0. The number of hydrogen-bond acceptors (Lipinski definition) is 1. The third-order valence-corrected chi connectivity index (χ3v) is 5.59. The van der Waals surface area contributed by atoms with Crippen LogP contribution in [0.25, 0.3) is 0 Å². The lowest BCUT2D eigenvalue weighted by Gasteiger charge is -2.29. The molecule has 4 heteroatoms. The van der Waals surface area contributed by atoms with Gasteiger partial charge in [-0.05, 0) is 79.7 Å². The Bertz CT molecular complexity index is 779. The predicted molar refractivity (Wildman–Crippen MR) is 102 cm³/mol. The first-order valence-electron chi connectivity index (χ1n) is 9.94. The normalized spacial score (nSPS) is 19.9. The summed E-state index contributed by atoms with van der Waals surface area (Å²) in [5.74, 6) is -1.78. The van der Waals surface area contributed by atoms with Crippen molar-refractivity contribution in [2.45, 2.75) is 64.2 Å². The molecule has 1 fully saturated rings. The van der Waals surface area contributed by atoms with Crippen LogP contribution in [0.3, 0.4) is 0 Å². The molecule has 0 aliphatic heterocycles. The first-order valence-corrected chi connectivity index (χ1v) is 9.94. The molecular weight excluding hydrogens is 349 g/mol. The van der Waals surface area contributed by atoms with Gasteiger partial charge in [0.2, 0.25) is 5.82 Å². The Morgan fingerprint density at radius 3 is 2.07 bits per heavy atom. The van der Waals surface area contributed by atoms with E-state index < -0.39 is 11.6 Å². The number of ether oxygens (including phenoxy) is 1. The lowest BCUT2D eigenvalue weighted by atomic mass is 9.75. The largest absolute Gasteiger partial charge is 0.491 e. The maximum Gasteiger partial charge on any atom is 0.200 e. The molecule has 1 nitrogen and oxygen atoms in total. The summed E-state index contributed by atoms with van der Waals surface area (Å²) >= 11 is 0. The van der Waals surface area contributed by atoms with Crippen LogP contribution in [0.4, 0.5) is 13.2 Å². The average Bonchev–Trinajstić information content (AvgIpc) is 2.67. The third kappa shape index (κ3) is 4.31. The quantitative estimate of drug-likeness (QED) is 0.533. The predicted octanol–water partition coefficient (Wildman–Crippen LogP) is 6.90. The van der Waals surface area contributed by atoms with Gasteiger partial charge in [0.25, 0.3) is 0 Å². The van der Waals surface area contributed by atoms with Gasteiger partial charge in [0.05, 0.1) is 6.61 Å². The van der Waals surface area contributed by atoms with Crippen LogP contribution in [0.2, 0.25) is 0 Å². The molecule has 27 heavy (non-hydrogen) atoms. The Morgan fingerprint density at radius 1 is 0.852 bits per heavy atom. The van der Waals surface area contributed by atoms with Gasteiger partial charge in [0, 0.05) is 0 Å². The van der Waals surface area contributed by atoms with E-state index in [0.29, 0.717) is 12.2 Å². The topological polar surface area (TPSA) is 9.23 Å². The maximum absolute atomic E-state index is 14.5. The van der Waals surface area contributed by atoms with Gasteiger partial charge in [-0.3, -0.25) is 0 Å². The summed E-state index contributed by atoms with van der Waals surface area (Å²) in [7, 11) is 0. The summed E-state index contributed by atoms with van der Waals surface area (Å²) in [6, 6.07) is 8.70. The molecule has 0 atom stereocenters. The molecule has 0 aromatic heterocycles. The van der Waals surface area contributed by atoms with Crippen molar-refractivity contribution in [1.82, 2.24) is 0 Å². The van der Waals surface area contributed by atoms with Crippen molar-refractivity contribution in [3.05, 3.63) is 64.5 Å². The standard InChI is InChI=1S/C23H27F3O/c1-3-5-15-6-11-18(20(24)14-15)16-7-9-17(10-8-16)19-12-13-21(27-4-2)23(26)22(19)25/h6,11-14,16-17H,3-5,7-10H2,1-2H3. The highest BCUT2D eigenvalue weighted by molar-refractivity contribution is 5.34. The number of rotatable bonds is 6. The Kier molecular flexibility index (Phi) is 6.46. The summed E-state index contributed by atoms with van der Waals surface area (Å²) in [5, 5.41) is 0. The zero-order chi connectivity index (χ0) is 19.4. The first-order chi connectivity index (χ1) is 13.0. The molecule has 0 amide bonds. The minimum atomic E-state index is -0.908. The van der Waals surface area contributed by atoms with E-state index in [0.717, 1.165) is 49.7 Å². The van der Waals surface area contributed by atoms with Gasteiger partial charge < -0.3 is 4.74 Å². The van der Waals surface area contributed by atoms with Crippen LogP contribution in [0.1, 0.15) is 74.5 Å². The Labute approximate surface area is 159 Å². The van der Waals surface area contributed by atoms with E-state index in [1.165, 1.54) is 6.07 Å². The van der Waals surface area contributed by atoms with Crippen LogP contribution in [-0.2, 0) is 6.42 Å². The smallest absolute Gasteiger partial charge is 0.200 e. The fourth-order valence-electron chi connectivity index (χ4n) is 4.19. The molecule has 0 saturated heterocycles. The molecule has 0 bridgehead atoms. The van der Waals surface area contributed by atoms with Crippen molar-refractivity contribution in [3.8, 4) is 5.75 Å². The van der Waals surface area contributed by atoms with Crippen molar-refractivity contribution in [2.75, 3.05) is 6.61 Å². The van der Waals surface area contributed by atoms with Gasteiger partial charge in [0.1, 0.15) is 5.82 Å². The number of aryl methyl sites for hydroxylation is 1. The lowest BCUT2D eigenvalue weighted by Crippen LogP contribution is -2.15. The molecule has 1 aliphatic rings. The van der Waals surface area contributed by atoms with Crippen molar-refractivity contribution in [3.63, 3.8) is 0 Å². The van der Waals surface area contributed by atoms with E-state index in [9.17, 15) is 13.2 Å². The molecule has 3 rings (SSSR count). The second-order valence-electron chi connectivity index (χ2n) is 7.37. The Balaban J connectivity index is 1.70. The van der Waals surface area contributed by atoms with Crippen LogP contribution in [0, 0.1) is 17.5 Å². The zero-order valence-electron chi connectivity index (χ0n) is 16.0. The molecule has 1 saturated carbocycles. The SMILES string of the molecule is CCCc1ccc(C2CCC(c3ccc(OCC)c(F)c3F)CC2)c(F)c1. The van der Waals surface area contributed by atoms with E-state index in [1.807, 2.05) is 12.1 Å². The molecule has 146 valence electrons. The molecule has 0 radical (unpaired) electrons. The highest BCUT2D eigenvalue weighted by Gasteiger charge is 2.28. The maximum atomic E-state index is 14.5. The average molecular weight is 376 g/mol. The van der Waals surface area contributed by atoms with E-state index in [2.05, 4.69) is 6.92 Å². The summed E-state index contributed by atoms with van der Waals surface area (Å²) in [4.78, 5) is 0. The van der Waals surface area contributed by atoms with Gasteiger partial charge >= 0.3 is 0 Å². The molecule has 0 unspecified atom stereocenters. The van der Waals surface area contributed by atoms with Gasteiger partial charge in [-0.25, -0.2) is 8.78 Å². The summed E-state index contributed by atoms with van der Waals surface area (Å²) in [5.41, 5.74) is 2.19. The lowest BCUT2D eigenvalue weighted by molar-refractivity contribution is 0.310. The molecule has 0 N–H and O–H groups in total. The summed E-state index contributed by atoms with van der Waals surface area (Å²) in [6.45, 7) is 4.11. The highest BCUT2D eigenvalue weighted by atomic mass is 19.2. The van der Waals surface area contributed by atoms with Crippen LogP contribution >= 0.6 is 0 Å². The number of halogens is 3. The Morgan fingerprint density at radius 2 is 1.48 bits per heavy atom. The van der Waals surface area contributed by atoms with Gasteiger partial charge in [-0.1, -0.05) is 31.5 Å². The molecule has 2 aromatic rings. The van der Waals surface area contributed by atoms with E-state index in [4.69, 9.17) is 4.74 Å². The van der Waals surface area contributed by atoms with Crippen LogP contribution in [-0.4, -0.2) is 6.61 Å². The highest BCUT2D eigenvalue weighted by Crippen LogP contribution is 2.42. The monoisotopic (exact) mass is 376 g/mol. The van der Waals surface area contributed by atoms with Crippen molar-refractivity contribution in [2.24, 2.45) is 0 Å². The summed E-state index contributed by atoms with van der Waals surface area (Å²) in [6.07, 6.45) is 4.89. The number of benzene rings is 2. The van der Waals surface area contributed by atoms with Crippen LogP contribution < -0.4 is 4.74 Å². The fraction of sp³-hybridized carbons (Fsp3) is 0.478. The summed E-state index contributed by atoms with van der Waals surface area (Å²) < 4.78 is 48.2. The van der Waals surface area contributed by atoms with Crippen LogP contribution in [0.5, 0.6) is 5.75 Å². The minimum absolute atomic E-state index is 0.0335. The molecule has 1 aliphatic carbocycles. The van der Waals surface area contributed by atoms with Gasteiger partial charge in [-0.2, -0.15) is 4.39 Å². The molecule has 2 aromatic carbocycles. The van der Waals surface area contributed by atoms with Crippen molar-refractivity contribution < 1.29 is 17.9 Å². The molecule has 0 spiro atoms. The van der Waals surface area contributed by atoms with Crippen molar-refractivity contribution in [1.29, 1.82) is 0 Å². The second kappa shape index (κ2) is 8.81.